The Kier molecular flexibility index (Phi) is 3.84. The summed E-state index contributed by atoms with van der Waals surface area (Å²) in [6.45, 7) is 1.03. The average molecular weight is 320 g/mol. The topological polar surface area (TPSA) is 32.3 Å². The number of halogens is 2. The number of piperidine rings is 1. The number of nitrogens with zero attached hydrogens (tertiary/aromatic N) is 1. The van der Waals surface area contributed by atoms with Crippen LogP contribution >= 0.6 is 0 Å². The van der Waals surface area contributed by atoms with Crippen LogP contribution in [-0.4, -0.2) is 42.9 Å². The lowest BCUT2D eigenvalue weighted by Gasteiger charge is -2.31. The summed E-state index contributed by atoms with van der Waals surface area (Å²) >= 11 is 0. The van der Waals surface area contributed by atoms with Gasteiger partial charge in [0.05, 0.1) is 6.54 Å². The molecule has 1 saturated heterocycles. The third-order valence-electron chi connectivity index (χ3n) is 5.70. The first kappa shape index (κ1) is 15.1. The smallest absolute Gasteiger partial charge is 0.251 e. The summed E-state index contributed by atoms with van der Waals surface area (Å²) in [7, 11) is 0. The fourth-order valence-electron chi connectivity index (χ4n) is 4.40. The molecule has 1 aliphatic heterocycles. The lowest BCUT2D eigenvalue weighted by atomic mass is 9.95. The van der Waals surface area contributed by atoms with Crippen LogP contribution in [-0.2, 0) is 11.2 Å². The summed E-state index contributed by atoms with van der Waals surface area (Å²) in [6.07, 6.45) is 0.166. The molecule has 1 N–H and O–H groups in total. The fraction of sp³-hybridized carbons (Fsp3) is 0.611. The molecule has 1 aromatic rings. The van der Waals surface area contributed by atoms with Crippen molar-refractivity contribution in [1.82, 2.24) is 10.2 Å². The molecule has 0 radical (unpaired) electrons. The van der Waals surface area contributed by atoms with Gasteiger partial charge in [0.15, 0.2) is 0 Å². The lowest BCUT2D eigenvalue weighted by molar-refractivity contribution is -0.126. The van der Waals surface area contributed by atoms with Gasteiger partial charge in [0.2, 0.25) is 5.91 Å². The minimum Gasteiger partial charge on any atom is -0.352 e. The van der Waals surface area contributed by atoms with Crippen LogP contribution in [0.3, 0.4) is 0 Å². The van der Waals surface area contributed by atoms with Crippen molar-refractivity contribution in [2.45, 2.75) is 37.6 Å². The highest BCUT2D eigenvalue weighted by Crippen LogP contribution is 2.56. The van der Waals surface area contributed by atoms with E-state index in [1.54, 1.807) is 4.90 Å². The minimum atomic E-state index is -2.29. The molecule has 23 heavy (non-hydrogen) atoms. The largest absolute Gasteiger partial charge is 0.352 e. The molecule has 4 rings (SSSR count). The first-order chi connectivity index (χ1) is 11.1. The van der Waals surface area contributed by atoms with E-state index >= 15 is 0 Å². The predicted octanol–water partition coefficient (Wildman–Crippen LogP) is 2.42. The second kappa shape index (κ2) is 5.86. The van der Waals surface area contributed by atoms with Gasteiger partial charge in [-0.2, -0.15) is 0 Å². The zero-order chi connectivity index (χ0) is 16.0. The Morgan fingerprint density at radius 3 is 2.74 bits per heavy atom. The molecule has 3 aliphatic rings. The molecular weight excluding hydrogens is 298 g/mol. The number of rotatable bonds is 4. The summed E-state index contributed by atoms with van der Waals surface area (Å²) in [4.78, 5) is 14.2. The van der Waals surface area contributed by atoms with E-state index in [9.17, 15) is 13.6 Å². The first-order valence-corrected chi connectivity index (χ1v) is 8.52. The number of hydrogen-bond donors (Lipinski definition) is 1. The Balaban J connectivity index is 1.28. The Morgan fingerprint density at radius 1 is 1.26 bits per heavy atom. The minimum absolute atomic E-state index is 0.0134. The standard InChI is InChI=1S/C18H22F2N2O/c19-15(20)10-22-7-5-11(6-8-22)18(23)21-17-14-9-12-3-1-2-4-13(12)16(14)17/h1-4,11,14-17H,5-10H2,(H,21,23)/t14-,16+,17-/m1/s1. The molecule has 124 valence electrons. The van der Waals surface area contributed by atoms with Crippen LogP contribution < -0.4 is 5.32 Å². The van der Waals surface area contributed by atoms with Crippen LogP contribution in [0, 0.1) is 11.8 Å². The molecule has 1 amide bonds. The van der Waals surface area contributed by atoms with Crippen molar-refractivity contribution in [3.05, 3.63) is 35.4 Å². The van der Waals surface area contributed by atoms with E-state index in [1.807, 2.05) is 0 Å². The monoisotopic (exact) mass is 320 g/mol. The van der Waals surface area contributed by atoms with Gasteiger partial charge in [-0.15, -0.1) is 0 Å². The van der Waals surface area contributed by atoms with Crippen molar-refractivity contribution in [2.75, 3.05) is 19.6 Å². The Bertz CT molecular complexity index is 598. The predicted molar refractivity (Wildman–Crippen MR) is 83.5 cm³/mol. The Labute approximate surface area is 135 Å². The van der Waals surface area contributed by atoms with E-state index in [0.29, 0.717) is 37.8 Å². The molecule has 3 nitrogen and oxygen atoms in total. The van der Waals surface area contributed by atoms with Crippen LogP contribution in [0.4, 0.5) is 8.78 Å². The zero-order valence-electron chi connectivity index (χ0n) is 13.1. The number of carbonyl (C=O) groups is 1. The van der Waals surface area contributed by atoms with E-state index in [4.69, 9.17) is 0 Å². The molecule has 0 bridgehead atoms. The highest BCUT2D eigenvalue weighted by molar-refractivity contribution is 5.80. The lowest BCUT2D eigenvalue weighted by Crippen LogP contribution is -2.43. The van der Waals surface area contributed by atoms with Crippen LogP contribution in [0.2, 0.25) is 0 Å². The molecule has 5 heteroatoms. The summed E-state index contributed by atoms with van der Waals surface area (Å²) in [6, 6.07) is 8.78. The summed E-state index contributed by atoms with van der Waals surface area (Å²) in [5.74, 6) is 1.17. The van der Waals surface area contributed by atoms with Gasteiger partial charge in [-0.1, -0.05) is 24.3 Å². The van der Waals surface area contributed by atoms with E-state index in [0.717, 1.165) is 6.42 Å². The van der Waals surface area contributed by atoms with Crippen molar-refractivity contribution in [2.24, 2.45) is 11.8 Å². The number of alkyl halides is 2. The van der Waals surface area contributed by atoms with Gasteiger partial charge < -0.3 is 5.32 Å². The number of likely N-dealkylation sites (tertiary alicyclic amines) is 1. The molecule has 2 aliphatic carbocycles. The average Bonchev–Trinajstić information content (AvgIpc) is 3.04. The number of nitrogens with one attached hydrogen (secondary N) is 1. The molecule has 0 spiro atoms. The van der Waals surface area contributed by atoms with Gasteiger partial charge in [-0.25, -0.2) is 8.78 Å². The van der Waals surface area contributed by atoms with Gasteiger partial charge in [0, 0.05) is 17.9 Å². The molecule has 0 unspecified atom stereocenters. The number of carbonyl (C=O) groups excluding carboxylic acids is 1. The second-order valence-corrected chi connectivity index (χ2v) is 7.09. The van der Waals surface area contributed by atoms with Crippen molar-refractivity contribution in [1.29, 1.82) is 0 Å². The van der Waals surface area contributed by atoms with E-state index in [-0.39, 0.29) is 24.4 Å². The zero-order valence-corrected chi connectivity index (χ0v) is 13.1. The number of benzene rings is 1. The molecular formula is C18H22F2N2O. The molecule has 1 aromatic carbocycles. The molecule has 1 heterocycles. The normalized spacial score (nSPS) is 30.1. The van der Waals surface area contributed by atoms with E-state index < -0.39 is 6.43 Å². The molecule has 1 saturated carbocycles. The quantitative estimate of drug-likeness (QED) is 0.924. The Hall–Kier alpha value is -1.49. The van der Waals surface area contributed by atoms with E-state index in [1.165, 1.54) is 11.1 Å². The summed E-state index contributed by atoms with van der Waals surface area (Å²) in [5.41, 5.74) is 2.82. The van der Waals surface area contributed by atoms with Crippen molar-refractivity contribution in [3.63, 3.8) is 0 Å². The summed E-state index contributed by atoms with van der Waals surface area (Å²) in [5, 5.41) is 3.22. The summed E-state index contributed by atoms with van der Waals surface area (Å²) < 4.78 is 24.8. The number of fused-ring (bicyclic) bond motifs is 3. The van der Waals surface area contributed by atoms with Gasteiger partial charge in [-0.3, -0.25) is 9.69 Å². The number of hydrogen-bond acceptors (Lipinski definition) is 2. The highest BCUT2D eigenvalue weighted by atomic mass is 19.3. The van der Waals surface area contributed by atoms with Crippen LogP contribution in [0.15, 0.2) is 24.3 Å². The first-order valence-electron chi connectivity index (χ1n) is 8.52. The van der Waals surface area contributed by atoms with E-state index in [2.05, 4.69) is 29.6 Å². The maximum absolute atomic E-state index is 12.4. The van der Waals surface area contributed by atoms with Crippen LogP contribution in [0.1, 0.15) is 29.9 Å². The third kappa shape index (κ3) is 2.87. The van der Waals surface area contributed by atoms with Crippen molar-refractivity contribution >= 4 is 5.91 Å². The van der Waals surface area contributed by atoms with Crippen molar-refractivity contribution in [3.8, 4) is 0 Å². The van der Waals surface area contributed by atoms with Crippen LogP contribution in [0.25, 0.3) is 0 Å². The van der Waals surface area contributed by atoms with Gasteiger partial charge in [0.25, 0.3) is 6.43 Å². The molecule has 2 fully saturated rings. The van der Waals surface area contributed by atoms with Gasteiger partial charge in [0.1, 0.15) is 0 Å². The fourth-order valence-corrected chi connectivity index (χ4v) is 4.40. The van der Waals surface area contributed by atoms with Crippen LogP contribution in [0.5, 0.6) is 0 Å². The number of amides is 1. The van der Waals surface area contributed by atoms with Crippen molar-refractivity contribution < 1.29 is 13.6 Å². The highest BCUT2D eigenvalue weighted by Gasteiger charge is 2.56. The van der Waals surface area contributed by atoms with Gasteiger partial charge >= 0.3 is 0 Å². The third-order valence-corrected chi connectivity index (χ3v) is 5.70. The van der Waals surface area contributed by atoms with Gasteiger partial charge in [-0.05, 0) is 49.4 Å². The maximum atomic E-state index is 12.4. The SMILES string of the molecule is O=C(N[C@@H]1[C@@H]2Cc3ccccc3[C@@H]21)C1CCN(CC(F)F)CC1. The maximum Gasteiger partial charge on any atom is 0.251 e. The Morgan fingerprint density at radius 2 is 2.00 bits per heavy atom. The second-order valence-electron chi connectivity index (χ2n) is 7.09. The molecule has 0 aromatic heterocycles. The molecule has 3 atom stereocenters.